The standard InChI is InChI=1S/C27H32N6O4S/c1-17(2)24-26(34)28-14-18-15-33(38(36)22-11-7-5-9-20(22)27(35)37-3)13-12-32(18)16-23-29-21-10-6-4-8-19(21)25(30-23)31-24/h4-11,17-18,24H,12-16H2,1-3H3,(H,28,34)(H,29,30,31)/t18?,24-,38?/m0/s1. The third-order valence-electron chi connectivity index (χ3n) is 7.03. The van der Waals surface area contributed by atoms with Gasteiger partial charge in [-0.1, -0.05) is 38.1 Å². The third kappa shape index (κ3) is 5.27. The zero-order valence-electron chi connectivity index (χ0n) is 21.7. The van der Waals surface area contributed by atoms with Crippen LogP contribution < -0.4 is 10.6 Å². The maximum atomic E-state index is 13.6. The Labute approximate surface area is 224 Å². The normalized spacial score (nSPS) is 21.6. The third-order valence-corrected chi connectivity index (χ3v) is 8.56. The van der Waals surface area contributed by atoms with Crippen molar-refractivity contribution in [2.24, 2.45) is 5.92 Å². The predicted octanol–water partition coefficient (Wildman–Crippen LogP) is 2.19. The van der Waals surface area contributed by atoms with E-state index in [1.54, 1.807) is 24.3 Å². The highest BCUT2D eigenvalue weighted by Crippen LogP contribution is 2.25. The molecule has 2 N–H and O–H groups in total. The number of carbonyl (C=O) groups is 2. The van der Waals surface area contributed by atoms with Crippen molar-refractivity contribution in [1.29, 1.82) is 0 Å². The van der Waals surface area contributed by atoms with Crippen LogP contribution in [0.4, 0.5) is 5.82 Å². The second-order valence-electron chi connectivity index (χ2n) is 9.87. The van der Waals surface area contributed by atoms with Crippen LogP contribution in [0, 0.1) is 5.92 Å². The SMILES string of the molecule is COC(=O)c1ccccc1S(=O)N1CCN2Cc3nc(c4ccccc4n3)N[C@@H](C(C)C)C(=O)NCC2C1. The Hall–Kier alpha value is -3.41. The summed E-state index contributed by atoms with van der Waals surface area (Å²) in [5.41, 5.74) is 1.10. The van der Waals surface area contributed by atoms with Crippen LogP contribution in [0.2, 0.25) is 0 Å². The number of hydrogen-bond acceptors (Lipinski definition) is 8. The Morgan fingerprint density at radius 2 is 1.87 bits per heavy atom. The number of carbonyl (C=O) groups excluding carboxylic acids is 2. The van der Waals surface area contributed by atoms with Gasteiger partial charge in [0.25, 0.3) is 0 Å². The summed E-state index contributed by atoms with van der Waals surface area (Å²) in [5.74, 6) is 0.705. The number of benzene rings is 2. The number of aromatic nitrogens is 2. The number of nitrogens with one attached hydrogen (secondary N) is 2. The first-order valence-electron chi connectivity index (χ1n) is 12.7. The zero-order valence-corrected chi connectivity index (χ0v) is 22.5. The number of para-hydroxylation sites is 1. The number of piperazine rings is 1. The lowest BCUT2D eigenvalue weighted by Gasteiger charge is -2.40. The van der Waals surface area contributed by atoms with E-state index in [0.717, 1.165) is 10.9 Å². The van der Waals surface area contributed by atoms with Crippen molar-refractivity contribution in [3.8, 4) is 0 Å². The number of amides is 1. The van der Waals surface area contributed by atoms with Crippen LogP contribution >= 0.6 is 0 Å². The molecule has 2 aliphatic heterocycles. The largest absolute Gasteiger partial charge is 0.465 e. The van der Waals surface area contributed by atoms with Crippen LogP contribution in [-0.4, -0.2) is 80.6 Å². The summed E-state index contributed by atoms with van der Waals surface area (Å²) in [4.78, 5) is 37.9. The first-order valence-corrected chi connectivity index (χ1v) is 13.8. The topological polar surface area (TPSA) is 117 Å². The summed E-state index contributed by atoms with van der Waals surface area (Å²) in [6.45, 7) is 6.41. The molecule has 3 heterocycles. The minimum atomic E-state index is -1.57. The van der Waals surface area contributed by atoms with Crippen LogP contribution in [-0.2, 0) is 27.1 Å². The molecule has 10 nitrogen and oxygen atoms in total. The molecule has 2 aliphatic rings. The van der Waals surface area contributed by atoms with Crippen LogP contribution in [0.25, 0.3) is 10.9 Å². The number of fused-ring (bicyclic) bond motifs is 5. The van der Waals surface area contributed by atoms with Crippen LogP contribution in [0.15, 0.2) is 53.4 Å². The van der Waals surface area contributed by atoms with E-state index in [2.05, 4.69) is 15.5 Å². The van der Waals surface area contributed by atoms with Gasteiger partial charge in [-0.2, -0.15) is 0 Å². The Balaban J connectivity index is 1.46. The van der Waals surface area contributed by atoms with E-state index < -0.39 is 23.0 Å². The molecule has 0 saturated carbocycles. The number of ether oxygens (including phenoxy) is 1. The monoisotopic (exact) mass is 536 g/mol. The van der Waals surface area contributed by atoms with Crippen molar-refractivity contribution >= 4 is 39.6 Å². The highest BCUT2D eigenvalue weighted by Gasteiger charge is 2.34. The van der Waals surface area contributed by atoms with Gasteiger partial charge in [0.2, 0.25) is 5.91 Å². The minimum absolute atomic E-state index is 0.0224. The molecule has 200 valence electrons. The van der Waals surface area contributed by atoms with E-state index in [4.69, 9.17) is 14.7 Å². The molecule has 0 aliphatic carbocycles. The van der Waals surface area contributed by atoms with Gasteiger partial charge in [0.05, 0.1) is 29.6 Å². The van der Waals surface area contributed by atoms with Crippen molar-refractivity contribution in [3.63, 3.8) is 0 Å². The average Bonchev–Trinajstić information content (AvgIpc) is 2.95. The average molecular weight is 537 g/mol. The molecule has 0 radical (unpaired) electrons. The number of rotatable bonds is 4. The van der Waals surface area contributed by atoms with E-state index in [0.29, 0.717) is 49.3 Å². The fourth-order valence-corrected chi connectivity index (χ4v) is 6.32. The van der Waals surface area contributed by atoms with Gasteiger partial charge >= 0.3 is 5.97 Å². The fourth-order valence-electron chi connectivity index (χ4n) is 4.95. The molecule has 1 amide bonds. The molecule has 1 saturated heterocycles. The predicted molar refractivity (Wildman–Crippen MR) is 145 cm³/mol. The van der Waals surface area contributed by atoms with E-state index in [1.165, 1.54) is 7.11 Å². The minimum Gasteiger partial charge on any atom is -0.465 e. The van der Waals surface area contributed by atoms with Crippen molar-refractivity contribution in [3.05, 3.63) is 59.9 Å². The van der Waals surface area contributed by atoms with E-state index >= 15 is 0 Å². The Morgan fingerprint density at radius 1 is 1.11 bits per heavy atom. The summed E-state index contributed by atoms with van der Waals surface area (Å²) < 4.78 is 20.4. The van der Waals surface area contributed by atoms with Gasteiger partial charge in [0.1, 0.15) is 28.7 Å². The number of esters is 1. The van der Waals surface area contributed by atoms with Gasteiger partial charge in [0, 0.05) is 37.6 Å². The lowest BCUT2D eigenvalue weighted by atomic mass is 10.0. The number of anilines is 1. The Bertz CT molecular complexity index is 1380. The Kier molecular flexibility index (Phi) is 7.68. The molecule has 1 aromatic heterocycles. The lowest BCUT2D eigenvalue weighted by Crippen LogP contribution is -2.57. The fraction of sp³-hybridized carbons (Fsp3) is 0.407. The first kappa shape index (κ1) is 26.2. The van der Waals surface area contributed by atoms with Crippen molar-refractivity contribution in [2.45, 2.75) is 37.4 Å². The van der Waals surface area contributed by atoms with Gasteiger partial charge in [-0.3, -0.25) is 9.69 Å². The summed E-state index contributed by atoms with van der Waals surface area (Å²) in [6.07, 6.45) is 0. The Morgan fingerprint density at radius 3 is 2.66 bits per heavy atom. The molecular formula is C27H32N6O4S. The van der Waals surface area contributed by atoms with E-state index in [1.807, 2.05) is 42.4 Å². The quantitative estimate of drug-likeness (QED) is 0.488. The summed E-state index contributed by atoms with van der Waals surface area (Å²) in [7, 11) is -0.264. The van der Waals surface area contributed by atoms with Crippen LogP contribution in [0.3, 0.4) is 0 Å². The molecule has 11 heteroatoms. The highest BCUT2D eigenvalue weighted by molar-refractivity contribution is 7.82. The molecule has 38 heavy (non-hydrogen) atoms. The molecule has 1 fully saturated rings. The van der Waals surface area contributed by atoms with Crippen molar-refractivity contribution < 1.29 is 18.5 Å². The lowest BCUT2D eigenvalue weighted by molar-refractivity contribution is -0.123. The van der Waals surface area contributed by atoms with Gasteiger partial charge in [-0.05, 0) is 30.2 Å². The molecule has 0 spiro atoms. The van der Waals surface area contributed by atoms with E-state index in [9.17, 15) is 13.8 Å². The maximum absolute atomic E-state index is 13.6. The summed E-state index contributed by atoms with van der Waals surface area (Å²) in [5, 5.41) is 7.36. The van der Waals surface area contributed by atoms with Crippen molar-refractivity contribution in [2.75, 3.05) is 38.6 Å². The van der Waals surface area contributed by atoms with Gasteiger partial charge < -0.3 is 15.4 Å². The maximum Gasteiger partial charge on any atom is 0.339 e. The summed E-state index contributed by atoms with van der Waals surface area (Å²) in [6, 6.07) is 14.0. The first-order chi connectivity index (χ1) is 18.4. The smallest absolute Gasteiger partial charge is 0.339 e. The molecule has 3 atom stereocenters. The molecule has 5 rings (SSSR count). The van der Waals surface area contributed by atoms with Crippen LogP contribution in [0.5, 0.6) is 0 Å². The van der Waals surface area contributed by atoms with E-state index in [-0.39, 0.29) is 23.4 Å². The summed E-state index contributed by atoms with van der Waals surface area (Å²) >= 11 is 0. The molecule has 2 unspecified atom stereocenters. The van der Waals surface area contributed by atoms with Crippen molar-refractivity contribution in [1.82, 2.24) is 24.5 Å². The number of methoxy groups -OCH3 is 1. The number of nitrogens with zero attached hydrogens (tertiary/aromatic N) is 4. The highest BCUT2D eigenvalue weighted by atomic mass is 32.2. The number of hydrogen-bond donors (Lipinski definition) is 2. The molecular weight excluding hydrogens is 504 g/mol. The molecule has 2 bridgehead atoms. The van der Waals surface area contributed by atoms with Gasteiger partial charge in [-0.15, -0.1) is 0 Å². The van der Waals surface area contributed by atoms with Crippen LogP contribution in [0.1, 0.15) is 30.0 Å². The van der Waals surface area contributed by atoms with Gasteiger partial charge in [0.15, 0.2) is 0 Å². The van der Waals surface area contributed by atoms with Gasteiger partial charge in [-0.25, -0.2) is 23.3 Å². The molecule has 2 aromatic carbocycles. The molecule has 3 aromatic rings. The zero-order chi connectivity index (χ0) is 26.8. The second kappa shape index (κ2) is 11.1. The second-order valence-corrected chi connectivity index (χ2v) is 11.3.